The highest BCUT2D eigenvalue weighted by Crippen LogP contribution is 2.28. The highest BCUT2D eigenvalue weighted by Gasteiger charge is 2.36. The molecule has 0 aromatic carbocycles. The fourth-order valence-electron chi connectivity index (χ4n) is 2.39. The topological polar surface area (TPSA) is 47.6 Å². The molecular formula is C14H27NO3. The van der Waals surface area contributed by atoms with Crippen molar-refractivity contribution in [3.05, 3.63) is 0 Å². The number of hydrogen-bond donors (Lipinski definition) is 1. The third kappa shape index (κ3) is 4.58. The molecule has 0 bridgehead atoms. The fourth-order valence-corrected chi connectivity index (χ4v) is 2.39. The summed E-state index contributed by atoms with van der Waals surface area (Å²) in [6, 6.07) is -0.0287. The standard InChI is InChI=1S/C14H27NO3/c1-6-13-10(4)7-12(15-11(5)16)14(18-13)17-8-9(2)3/h9-10,12-14H,6-8H2,1-5H3,(H,15,16). The van der Waals surface area contributed by atoms with Crippen LogP contribution in [0, 0.1) is 11.8 Å². The van der Waals surface area contributed by atoms with Crippen LogP contribution in [0.2, 0.25) is 0 Å². The maximum absolute atomic E-state index is 11.2. The Balaban J connectivity index is 2.62. The van der Waals surface area contributed by atoms with E-state index < -0.39 is 0 Å². The van der Waals surface area contributed by atoms with Crippen molar-refractivity contribution >= 4 is 5.91 Å². The zero-order chi connectivity index (χ0) is 13.7. The molecule has 1 saturated heterocycles. The van der Waals surface area contributed by atoms with Crippen LogP contribution < -0.4 is 5.32 Å². The second-order valence-electron chi connectivity index (χ2n) is 5.70. The summed E-state index contributed by atoms with van der Waals surface area (Å²) in [7, 11) is 0. The number of rotatable bonds is 5. The van der Waals surface area contributed by atoms with Gasteiger partial charge in [0.25, 0.3) is 0 Å². The van der Waals surface area contributed by atoms with E-state index >= 15 is 0 Å². The zero-order valence-corrected chi connectivity index (χ0v) is 12.2. The third-order valence-corrected chi connectivity index (χ3v) is 3.28. The maximum Gasteiger partial charge on any atom is 0.217 e. The van der Waals surface area contributed by atoms with Crippen molar-refractivity contribution in [3.63, 3.8) is 0 Å². The van der Waals surface area contributed by atoms with Gasteiger partial charge in [-0.2, -0.15) is 0 Å². The number of carbonyl (C=O) groups excluding carboxylic acids is 1. The van der Waals surface area contributed by atoms with Crippen LogP contribution in [0.4, 0.5) is 0 Å². The molecule has 0 aromatic heterocycles. The Kier molecular flexibility index (Phi) is 6.09. The first-order valence-electron chi connectivity index (χ1n) is 6.98. The van der Waals surface area contributed by atoms with Gasteiger partial charge in [-0.3, -0.25) is 4.79 Å². The minimum atomic E-state index is -0.308. The summed E-state index contributed by atoms with van der Waals surface area (Å²) in [4.78, 5) is 11.2. The first-order valence-corrected chi connectivity index (χ1v) is 6.98. The van der Waals surface area contributed by atoms with E-state index in [2.05, 4.69) is 33.0 Å². The molecule has 1 N–H and O–H groups in total. The zero-order valence-electron chi connectivity index (χ0n) is 12.2. The lowest BCUT2D eigenvalue weighted by molar-refractivity contribution is -0.225. The molecule has 18 heavy (non-hydrogen) atoms. The van der Waals surface area contributed by atoms with Crippen molar-refractivity contribution in [3.8, 4) is 0 Å². The molecule has 1 amide bonds. The minimum absolute atomic E-state index is 0.0242. The largest absolute Gasteiger partial charge is 0.350 e. The van der Waals surface area contributed by atoms with Gasteiger partial charge in [-0.05, 0) is 24.7 Å². The predicted molar refractivity (Wildman–Crippen MR) is 71.1 cm³/mol. The van der Waals surface area contributed by atoms with Crippen LogP contribution in [0.3, 0.4) is 0 Å². The Labute approximate surface area is 110 Å². The van der Waals surface area contributed by atoms with Crippen molar-refractivity contribution in [1.82, 2.24) is 5.32 Å². The fraction of sp³-hybridized carbons (Fsp3) is 0.929. The normalized spacial score (nSPS) is 32.6. The van der Waals surface area contributed by atoms with E-state index in [4.69, 9.17) is 9.47 Å². The smallest absolute Gasteiger partial charge is 0.217 e. The predicted octanol–water partition coefficient (Wildman–Crippen LogP) is 2.32. The average molecular weight is 257 g/mol. The lowest BCUT2D eigenvalue weighted by atomic mass is 9.91. The Morgan fingerprint density at radius 1 is 1.50 bits per heavy atom. The van der Waals surface area contributed by atoms with E-state index in [-0.39, 0.29) is 24.3 Å². The van der Waals surface area contributed by atoms with Gasteiger partial charge < -0.3 is 14.8 Å². The Bertz CT molecular complexity index is 268. The molecule has 0 aliphatic carbocycles. The van der Waals surface area contributed by atoms with E-state index in [0.717, 1.165) is 12.8 Å². The van der Waals surface area contributed by atoms with Gasteiger partial charge in [0.1, 0.15) is 0 Å². The van der Waals surface area contributed by atoms with Crippen LogP contribution in [0.5, 0.6) is 0 Å². The number of carbonyl (C=O) groups is 1. The third-order valence-electron chi connectivity index (χ3n) is 3.28. The first kappa shape index (κ1) is 15.4. The Morgan fingerprint density at radius 2 is 2.17 bits per heavy atom. The quantitative estimate of drug-likeness (QED) is 0.822. The molecule has 4 heteroatoms. The molecule has 1 heterocycles. The molecule has 0 saturated carbocycles. The van der Waals surface area contributed by atoms with Crippen LogP contribution in [0.25, 0.3) is 0 Å². The van der Waals surface area contributed by atoms with Gasteiger partial charge in [-0.15, -0.1) is 0 Å². The van der Waals surface area contributed by atoms with Crippen LogP contribution in [0.1, 0.15) is 47.5 Å². The van der Waals surface area contributed by atoms with Gasteiger partial charge in [-0.1, -0.05) is 27.7 Å². The van der Waals surface area contributed by atoms with Gasteiger partial charge in [0.2, 0.25) is 5.91 Å². The molecule has 1 rings (SSSR count). The summed E-state index contributed by atoms with van der Waals surface area (Å²) in [5.41, 5.74) is 0. The van der Waals surface area contributed by atoms with E-state index in [1.807, 2.05) is 0 Å². The molecule has 1 aliphatic rings. The summed E-state index contributed by atoms with van der Waals surface area (Å²) in [6.07, 6.45) is 1.82. The lowest BCUT2D eigenvalue weighted by Gasteiger charge is -2.40. The van der Waals surface area contributed by atoms with Crippen molar-refractivity contribution in [2.24, 2.45) is 11.8 Å². The monoisotopic (exact) mass is 257 g/mol. The SMILES string of the molecule is CCC1OC(OCC(C)C)C(NC(C)=O)CC1C. The molecule has 4 atom stereocenters. The molecule has 4 unspecified atom stereocenters. The molecule has 0 spiro atoms. The van der Waals surface area contributed by atoms with Crippen LogP contribution in [-0.2, 0) is 14.3 Å². The highest BCUT2D eigenvalue weighted by molar-refractivity contribution is 5.73. The van der Waals surface area contributed by atoms with Crippen molar-refractivity contribution < 1.29 is 14.3 Å². The number of nitrogens with one attached hydrogen (secondary N) is 1. The van der Waals surface area contributed by atoms with Crippen molar-refractivity contribution in [1.29, 1.82) is 0 Å². The summed E-state index contributed by atoms with van der Waals surface area (Å²) in [5, 5.41) is 2.94. The minimum Gasteiger partial charge on any atom is -0.350 e. The molecule has 4 nitrogen and oxygen atoms in total. The van der Waals surface area contributed by atoms with Crippen LogP contribution >= 0.6 is 0 Å². The second-order valence-corrected chi connectivity index (χ2v) is 5.70. The number of hydrogen-bond acceptors (Lipinski definition) is 3. The highest BCUT2D eigenvalue weighted by atomic mass is 16.7. The van der Waals surface area contributed by atoms with Crippen molar-refractivity contribution in [2.45, 2.75) is 65.9 Å². The van der Waals surface area contributed by atoms with Gasteiger partial charge in [0, 0.05) is 6.92 Å². The van der Waals surface area contributed by atoms with Crippen molar-refractivity contribution in [2.75, 3.05) is 6.61 Å². The number of amides is 1. The van der Waals surface area contributed by atoms with Crippen LogP contribution in [-0.4, -0.2) is 30.9 Å². The van der Waals surface area contributed by atoms with Gasteiger partial charge in [0.05, 0.1) is 18.8 Å². The number of ether oxygens (including phenoxy) is 2. The Hall–Kier alpha value is -0.610. The summed E-state index contributed by atoms with van der Waals surface area (Å²) in [6.45, 7) is 10.7. The maximum atomic E-state index is 11.2. The molecule has 106 valence electrons. The lowest BCUT2D eigenvalue weighted by Crippen LogP contribution is -2.52. The Morgan fingerprint density at radius 3 is 2.67 bits per heavy atom. The van der Waals surface area contributed by atoms with Gasteiger partial charge in [-0.25, -0.2) is 0 Å². The summed E-state index contributed by atoms with van der Waals surface area (Å²) in [5.74, 6) is 0.889. The molecule has 1 fully saturated rings. The van der Waals surface area contributed by atoms with Gasteiger partial charge in [0.15, 0.2) is 6.29 Å². The van der Waals surface area contributed by atoms with E-state index in [1.165, 1.54) is 6.92 Å². The molecule has 1 aliphatic heterocycles. The van der Waals surface area contributed by atoms with E-state index in [0.29, 0.717) is 18.4 Å². The first-order chi connectivity index (χ1) is 8.43. The molecular weight excluding hydrogens is 230 g/mol. The summed E-state index contributed by atoms with van der Waals surface area (Å²) >= 11 is 0. The molecule has 0 aromatic rings. The van der Waals surface area contributed by atoms with Gasteiger partial charge >= 0.3 is 0 Å². The van der Waals surface area contributed by atoms with Crippen LogP contribution in [0.15, 0.2) is 0 Å². The molecule has 0 radical (unpaired) electrons. The average Bonchev–Trinajstić information content (AvgIpc) is 2.27. The summed E-state index contributed by atoms with van der Waals surface area (Å²) < 4.78 is 11.8. The van der Waals surface area contributed by atoms with E-state index in [9.17, 15) is 4.79 Å². The second kappa shape index (κ2) is 7.10. The van der Waals surface area contributed by atoms with E-state index in [1.54, 1.807) is 0 Å².